The van der Waals surface area contributed by atoms with Crippen LogP contribution in [0.4, 0.5) is 10.5 Å². The van der Waals surface area contributed by atoms with Crippen LogP contribution in [0.2, 0.25) is 0 Å². The average molecular weight is 351 g/mol. The first-order valence-electron chi connectivity index (χ1n) is 7.83. The van der Waals surface area contributed by atoms with Crippen molar-refractivity contribution in [3.63, 3.8) is 0 Å². The Bertz CT molecular complexity index is 538. The largest absolute Gasteiger partial charge is 0.323 e. The molecule has 0 radical (unpaired) electrons. The third kappa shape index (κ3) is 3.10. The van der Waals surface area contributed by atoms with Crippen molar-refractivity contribution in [2.75, 3.05) is 12.4 Å². The fourth-order valence-corrected chi connectivity index (χ4v) is 4.24. The van der Waals surface area contributed by atoms with Gasteiger partial charge in [-0.05, 0) is 41.9 Å². The highest BCUT2D eigenvalue weighted by molar-refractivity contribution is 9.09. The predicted molar refractivity (Wildman–Crippen MR) is 89.7 cm³/mol. The second kappa shape index (κ2) is 5.99. The van der Waals surface area contributed by atoms with Crippen LogP contribution >= 0.6 is 15.9 Å². The first-order valence-corrected chi connectivity index (χ1v) is 8.75. The van der Waals surface area contributed by atoms with Crippen LogP contribution in [-0.2, 0) is 6.54 Å². The Morgan fingerprint density at radius 1 is 1.29 bits per heavy atom. The van der Waals surface area contributed by atoms with Gasteiger partial charge >= 0.3 is 6.03 Å². The maximum absolute atomic E-state index is 11.7. The zero-order valence-corrected chi connectivity index (χ0v) is 14.3. The number of hydrogen-bond acceptors (Lipinski definition) is 1. The number of rotatable bonds is 2. The summed E-state index contributed by atoms with van der Waals surface area (Å²) in [6.07, 6.45) is 5.31. The molecule has 0 aromatic heterocycles. The van der Waals surface area contributed by atoms with Gasteiger partial charge in [-0.3, -0.25) is 0 Å². The molecule has 1 fully saturated rings. The molecule has 2 aliphatic rings. The van der Waals surface area contributed by atoms with Gasteiger partial charge in [-0.15, -0.1) is 0 Å². The second-order valence-electron chi connectivity index (χ2n) is 6.62. The fraction of sp³-hybridized carbons (Fsp3) is 0.588. The molecule has 0 saturated heterocycles. The van der Waals surface area contributed by atoms with E-state index in [4.69, 9.17) is 0 Å². The molecule has 1 unspecified atom stereocenters. The Morgan fingerprint density at radius 3 is 2.71 bits per heavy atom. The molecule has 1 aliphatic heterocycles. The summed E-state index contributed by atoms with van der Waals surface area (Å²) >= 11 is 3.92. The van der Waals surface area contributed by atoms with E-state index in [1.807, 2.05) is 7.05 Å². The molecule has 3 nitrogen and oxygen atoms in total. The number of nitrogens with zero attached hydrogens (tertiary/aromatic N) is 1. The number of benzene rings is 1. The number of anilines is 1. The van der Waals surface area contributed by atoms with Crippen LogP contribution in [0.1, 0.15) is 48.6 Å². The summed E-state index contributed by atoms with van der Waals surface area (Å²) in [6.45, 7) is 3.05. The summed E-state index contributed by atoms with van der Waals surface area (Å²) in [5.41, 5.74) is 3.51. The van der Waals surface area contributed by atoms with Crippen LogP contribution in [0, 0.1) is 11.8 Å². The molecule has 0 bridgehead atoms. The van der Waals surface area contributed by atoms with E-state index in [0.717, 1.165) is 17.5 Å². The van der Waals surface area contributed by atoms with E-state index in [2.05, 4.69) is 46.4 Å². The standard InChI is InChI=1S/C17H23BrN2O/c1-11-3-5-12(6-4-11)16(18)13-7-8-15-14(9-13)10-20(2)17(21)19-15/h7-9,11-12,16H,3-6,10H2,1-2H3,(H,19,21). The summed E-state index contributed by atoms with van der Waals surface area (Å²) in [6, 6.07) is 6.44. The lowest BCUT2D eigenvalue weighted by atomic mass is 9.80. The van der Waals surface area contributed by atoms with Crippen molar-refractivity contribution >= 4 is 27.6 Å². The van der Waals surface area contributed by atoms with Gasteiger partial charge in [0.25, 0.3) is 0 Å². The molecule has 1 aliphatic carbocycles. The Morgan fingerprint density at radius 2 is 2.00 bits per heavy atom. The van der Waals surface area contributed by atoms with Crippen molar-refractivity contribution in [3.05, 3.63) is 29.3 Å². The van der Waals surface area contributed by atoms with Crippen molar-refractivity contribution in [2.45, 2.75) is 44.0 Å². The first kappa shape index (κ1) is 14.9. The van der Waals surface area contributed by atoms with Gasteiger partial charge in [-0.1, -0.05) is 47.8 Å². The molecule has 1 N–H and O–H groups in total. The topological polar surface area (TPSA) is 32.3 Å². The first-order chi connectivity index (χ1) is 10.0. The van der Waals surface area contributed by atoms with Gasteiger partial charge in [0, 0.05) is 24.1 Å². The van der Waals surface area contributed by atoms with Crippen molar-refractivity contribution in [1.29, 1.82) is 0 Å². The van der Waals surface area contributed by atoms with Crippen molar-refractivity contribution in [3.8, 4) is 0 Å². The van der Waals surface area contributed by atoms with Gasteiger partial charge in [-0.25, -0.2) is 4.79 Å². The quantitative estimate of drug-likeness (QED) is 0.753. The summed E-state index contributed by atoms with van der Waals surface area (Å²) < 4.78 is 0. The highest BCUT2D eigenvalue weighted by Crippen LogP contribution is 2.42. The molecule has 1 saturated carbocycles. The van der Waals surface area contributed by atoms with Gasteiger partial charge in [-0.2, -0.15) is 0 Å². The van der Waals surface area contributed by atoms with Crippen LogP contribution < -0.4 is 5.32 Å². The van der Waals surface area contributed by atoms with Crippen LogP contribution in [0.15, 0.2) is 18.2 Å². The Balaban J connectivity index is 1.77. The minimum Gasteiger partial charge on any atom is -0.323 e. The Labute approximate surface area is 135 Å². The molecule has 114 valence electrons. The highest BCUT2D eigenvalue weighted by atomic mass is 79.9. The van der Waals surface area contributed by atoms with Crippen molar-refractivity contribution in [2.24, 2.45) is 11.8 Å². The normalized spacial score (nSPS) is 27.0. The van der Waals surface area contributed by atoms with Gasteiger partial charge in [0.1, 0.15) is 0 Å². The zero-order valence-electron chi connectivity index (χ0n) is 12.7. The lowest BCUT2D eigenvalue weighted by Crippen LogP contribution is -2.35. The molecular formula is C17H23BrN2O. The average Bonchev–Trinajstić information content (AvgIpc) is 2.48. The van der Waals surface area contributed by atoms with Gasteiger partial charge in [0.05, 0.1) is 0 Å². The predicted octanol–water partition coefficient (Wildman–Crippen LogP) is 4.93. The number of nitrogens with one attached hydrogen (secondary N) is 1. The lowest BCUT2D eigenvalue weighted by Gasteiger charge is -2.31. The minimum atomic E-state index is -0.0214. The zero-order chi connectivity index (χ0) is 15.0. The van der Waals surface area contributed by atoms with E-state index < -0.39 is 0 Å². The van der Waals surface area contributed by atoms with Gasteiger partial charge < -0.3 is 10.2 Å². The number of carbonyl (C=O) groups excluding carboxylic acids is 1. The molecular weight excluding hydrogens is 328 g/mol. The van der Waals surface area contributed by atoms with E-state index in [-0.39, 0.29) is 6.03 Å². The maximum atomic E-state index is 11.7. The fourth-order valence-electron chi connectivity index (χ4n) is 3.43. The molecule has 4 heteroatoms. The molecule has 1 aromatic carbocycles. The second-order valence-corrected chi connectivity index (χ2v) is 7.61. The summed E-state index contributed by atoms with van der Waals surface area (Å²) in [5.74, 6) is 1.61. The Kier molecular flexibility index (Phi) is 4.25. The number of fused-ring (bicyclic) bond motifs is 1. The molecule has 3 rings (SSSR count). The highest BCUT2D eigenvalue weighted by Gasteiger charge is 2.27. The van der Waals surface area contributed by atoms with Gasteiger partial charge in [0.15, 0.2) is 0 Å². The van der Waals surface area contributed by atoms with Crippen LogP contribution in [-0.4, -0.2) is 18.0 Å². The monoisotopic (exact) mass is 350 g/mol. The summed E-state index contributed by atoms with van der Waals surface area (Å²) in [4.78, 5) is 13.8. The molecule has 2 amide bonds. The third-order valence-electron chi connectivity index (χ3n) is 4.92. The molecule has 1 atom stereocenters. The van der Waals surface area contributed by atoms with E-state index in [1.165, 1.54) is 36.8 Å². The van der Waals surface area contributed by atoms with Crippen molar-refractivity contribution in [1.82, 2.24) is 4.90 Å². The molecule has 0 spiro atoms. The van der Waals surface area contributed by atoms with E-state index >= 15 is 0 Å². The van der Waals surface area contributed by atoms with Crippen LogP contribution in [0.3, 0.4) is 0 Å². The summed E-state index contributed by atoms with van der Waals surface area (Å²) in [5, 5.41) is 2.93. The molecule has 1 heterocycles. The van der Waals surface area contributed by atoms with E-state index in [0.29, 0.717) is 11.4 Å². The maximum Gasteiger partial charge on any atom is 0.321 e. The van der Waals surface area contributed by atoms with Gasteiger partial charge in [0.2, 0.25) is 0 Å². The van der Waals surface area contributed by atoms with Crippen LogP contribution in [0.25, 0.3) is 0 Å². The number of halogens is 1. The third-order valence-corrected chi connectivity index (χ3v) is 6.19. The number of urea groups is 1. The summed E-state index contributed by atoms with van der Waals surface area (Å²) in [7, 11) is 1.83. The smallest absolute Gasteiger partial charge is 0.321 e. The minimum absolute atomic E-state index is 0.0214. The lowest BCUT2D eigenvalue weighted by molar-refractivity contribution is 0.218. The Hall–Kier alpha value is -1.03. The van der Waals surface area contributed by atoms with E-state index in [1.54, 1.807) is 4.90 Å². The van der Waals surface area contributed by atoms with E-state index in [9.17, 15) is 4.79 Å². The molecule has 1 aromatic rings. The number of alkyl halides is 1. The van der Waals surface area contributed by atoms with Crippen molar-refractivity contribution < 1.29 is 4.79 Å². The molecule has 21 heavy (non-hydrogen) atoms. The number of amides is 2. The van der Waals surface area contributed by atoms with Crippen LogP contribution in [0.5, 0.6) is 0 Å². The SMILES string of the molecule is CC1CCC(C(Br)c2ccc3c(c2)CN(C)C(=O)N3)CC1. The number of hydrogen-bond donors (Lipinski definition) is 1. The number of carbonyl (C=O) groups is 1.